The van der Waals surface area contributed by atoms with Crippen LogP contribution in [0.15, 0.2) is 91.0 Å². The topological polar surface area (TPSA) is 29.1 Å². The van der Waals surface area contributed by atoms with Gasteiger partial charge in [-0.05, 0) is 58.3 Å². The number of fused-ring (bicyclic) bond motifs is 1. The number of alkyl halides is 3. The maximum atomic E-state index is 12.6. The number of anilines is 1. The second kappa shape index (κ2) is 7.43. The van der Waals surface area contributed by atoms with E-state index < -0.39 is 11.7 Å². The Morgan fingerprint density at radius 1 is 0.724 bits per heavy atom. The van der Waals surface area contributed by atoms with Crippen molar-refractivity contribution in [3.63, 3.8) is 0 Å². The molecule has 1 amide bonds. The van der Waals surface area contributed by atoms with Gasteiger partial charge in [-0.2, -0.15) is 13.2 Å². The van der Waals surface area contributed by atoms with Crippen molar-refractivity contribution >= 4 is 22.4 Å². The van der Waals surface area contributed by atoms with E-state index in [2.05, 4.69) is 11.4 Å². The average Bonchev–Trinajstić information content (AvgIpc) is 2.73. The van der Waals surface area contributed by atoms with Gasteiger partial charge in [-0.3, -0.25) is 4.79 Å². The van der Waals surface area contributed by atoms with Gasteiger partial charge < -0.3 is 5.32 Å². The second-order valence-corrected chi connectivity index (χ2v) is 6.63. The number of benzene rings is 4. The van der Waals surface area contributed by atoms with Crippen molar-refractivity contribution in [1.82, 2.24) is 0 Å². The molecule has 0 unspecified atom stereocenters. The third-order valence-electron chi connectivity index (χ3n) is 4.72. The fourth-order valence-electron chi connectivity index (χ4n) is 3.22. The molecule has 0 radical (unpaired) electrons. The molecule has 0 aliphatic carbocycles. The molecule has 0 atom stereocenters. The van der Waals surface area contributed by atoms with E-state index in [9.17, 15) is 18.0 Å². The fraction of sp³-hybridized carbons (Fsp3) is 0.0417. The molecular formula is C24H16F3NO. The van der Waals surface area contributed by atoms with Crippen LogP contribution in [0.1, 0.15) is 15.9 Å². The summed E-state index contributed by atoms with van der Waals surface area (Å²) in [6, 6.07) is 25.6. The molecule has 0 saturated carbocycles. The Morgan fingerprint density at radius 3 is 2.07 bits per heavy atom. The molecule has 0 spiro atoms. The van der Waals surface area contributed by atoms with Gasteiger partial charge in [0.05, 0.1) is 5.56 Å². The number of nitrogens with one attached hydrogen (secondary N) is 1. The van der Waals surface area contributed by atoms with Crippen LogP contribution in [0.5, 0.6) is 0 Å². The SMILES string of the molecule is O=C(Nc1ccc(C(F)(F)F)cc1)c1ccc(-c2cccc3ccccc23)cc1. The summed E-state index contributed by atoms with van der Waals surface area (Å²) in [5, 5.41) is 4.88. The van der Waals surface area contributed by atoms with Crippen LogP contribution in [0.25, 0.3) is 21.9 Å². The Labute approximate surface area is 165 Å². The monoisotopic (exact) mass is 391 g/mol. The van der Waals surface area contributed by atoms with Gasteiger partial charge in [0, 0.05) is 11.3 Å². The Kier molecular flexibility index (Phi) is 4.80. The highest BCUT2D eigenvalue weighted by atomic mass is 19.4. The van der Waals surface area contributed by atoms with Gasteiger partial charge in [0.1, 0.15) is 0 Å². The molecular weight excluding hydrogens is 375 g/mol. The zero-order chi connectivity index (χ0) is 20.4. The summed E-state index contributed by atoms with van der Waals surface area (Å²) in [6.45, 7) is 0. The third-order valence-corrected chi connectivity index (χ3v) is 4.72. The maximum Gasteiger partial charge on any atom is 0.416 e. The number of carbonyl (C=O) groups excluding carboxylic acids is 1. The first-order valence-electron chi connectivity index (χ1n) is 8.99. The molecule has 0 aromatic heterocycles. The number of rotatable bonds is 3. The Morgan fingerprint density at radius 2 is 1.38 bits per heavy atom. The molecule has 0 saturated heterocycles. The van der Waals surface area contributed by atoms with Crippen LogP contribution >= 0.6 is 0 Å². The minimum Gasteiger partial charge on any atom is -0.322 e. The van der Waals surface area contributed by atoms with E-state index >= 15 is 0 Å². The smallest absolute Gasteiger partial charge is 0.322 e. The minimum absolute atomic E-state index is 0.307. The Balaban J connectivity index is 1.54. The number of hydrogen-bond donors (Lipinski definition) is 1. The van der Waals surface area contributed by atoms with Crippen LogP contribution in [-0.2, 0) is 6.18 Å². The van der Waals surface area contributed by atoms with Crippen LogP contribution in [0.4, 0.5) is 18.9 Å². The Bertz CT molecular complexity index is 1160. The molecule has 0 heterocycles. The van der Waals surface area contributed by atoms with Gasteiger partial charge >= 0.3 is 6.18 Å². The molecule has 29 heavy (non-hydrogen) atoms. The zero-order valence-electron chi connectivity index (χ0n) is 15.2. The molecule has 4 rings (SSSR count). The normalized spacial score (nSPS) is 11.4. The van der Waals surface area contributed by atoms with Gasteiger partial charge in [-0.1, -0.05) is 54.6 Å². The Hall–Kier alpha value is -3.60. The van der Waals surface area contributed by atoms with Crippen LogP contribution in [0.3, 0.4) is 0 Å². The molecule has 2 nitrogen and oxygen atoms in total. The highest BCUT2D eigenvalue weighted by Gasteiger charge is 2.30. The van der Waals surface area contributed by atoms with Crippen molar-refractivity contribution in [2.75, 3.05) is 5.32 Å². The first kappa shape index (κ1) is 18.7. The quantitative estimate of drug-likeness (QED) is 0.410. The van der Waals surface area contributed by atoms with Crippen molar-refractivity contribution in [3.05, 3.63) is 102 Å². The maximum absolute atomic E-state index is 12.6. The van der Waals surface area contributed by atoms with Gasteiger partial charge in [0.15, 0.2) is 0 Å². The molecule has 0 aliphatic rings. The zero-order valence-corrected chi connectivity index (χ0v) is 15.2. The second-order valence-electron chi connectivity index (χ2n) is 6.63. The molecule has 5 heteroatoms. The summed E-state index contributed by atoms with van der Waals surface area (Å²) in [5.41, 5.74) is 2.02. The molecule has 1 N–H and O–H groups in total. The first-order valence-corrected chi connectivity index (χ1v) is 8.99. The van der Waals surface area contributed by atoms with Crippen molar-refractivity contribution < 1.29 is 18.0 Å². The summed E-state index contributed by atoms with van der Waals surface area (Å²) in [5.74, 6) is -0.380. The van der Waals surface area contributed by atoms with Gasteiger partial charge in [-0.25, -0.2) is 0 Å². The largest absolute Gasteiger partial charge is 0.416 e. The molecule has 0 bridgehead atoms. The lowest BCUT2D eigenvalue weighted by molar-refractivity contribution is -0.137. The number of amides is 1. The highest BCUT2D eigenvalue weighted by molar-refractivity contribution is 6.05. The van der Waals surface area contributed by atoms with Crippen LogP contribution < -0.4 is 5.32 Å². The van der Waals surface area contributed by atoms with Crippen molar-refractivity contribution in [1.29, 1.82) is 0 Å². The summed E-state index contributed by atoms with van der Waals surface area (Å²) >= 11 is 0. The van der Waals surface area contributed by atoms with Crippen LogP contribution in [0.2, 0.25) is 0 Å². The van der Waals surface area contributed by atoms with E-state index in [4.69, 9.17) is 0 Å². The number of halogens is 3. The van der Waals surface area contributed by atoms with Gasteiger partial charge in [0.25, 0.3) is 5.91 Å². The van der Waals surface area contributed by atoms with E-state index in [0.29, 0.717) is 11.3 Å². The number of hydrogen-bond acceptors (Lipinski definition) is 1. The van der Waals surface area contributed by atoms with Gasteiger partial charge in [0.2, 0.25) is 0 Å². The molecule has 4 aromatic rings. The minimum atomic E-state index is -4.40. The predicted molar refractivity (Wildman–Crippen MR) is 109 cm³/mol. The molecule has 0 fully saturated rings. The predicted octanol–water partition coefficient (Wildman–Crippen LogP) is 6.78. The number of carbonyl (C=O) groups is 1. The van der Waals surface area contributed by atoms with Gasteiger partial charge in [-0.15, -0.1) is 0 Å². The summed E-state index contributed by atoms with van der Waals surface area (Å²) < 4.78 is 37.9. The lowest BCUT2D eigenvalue weighted by Crippen LogP contribution is -2.12. The molecule has 4 aromatic carbocycles. The van der Waals surface area contributed by atoms with Crippen molar-refractivity contribution in [2.24, 2.45) is 0 Å². The lowest BCUT2D eigenvalue weighted by atomic mass is 9.97. The van der Waals surface area contributed by atoms with E-state index in [0.717, 1.165) is 34.0 Å². The van der Waals surface area contributed by atoms with E-state index in [1.165, 1.54) is 12.1 Å². The van der Waals surface area contributed by atoms with Crippen LogP contribution in [0, 0.1) is 0 Å². The summed E-state index contributed by atoms with van der Waals surface area (Å²) in [7, 11) is 0. The van der Waals surface area contributed by atoms with E-state index in [-0.39, 0.29) is 5.91 Å². The van der Waals surface area contributed by atoms with Crippen molar-refractivity contribution in [2.45, 2.75) is 6.18 Å². The molecule has 0 aliphatic heterocycles. The molecule has 144 valence electrons. The lowest BCUT2D eigenvalue weighted by Gasteiger charge is -2.10. The first-order chi connectivity index (χ1) is 13.9. The highest BCUT2D eigenvalue weighted by Crippen LogP contribution is 2.30. The third kappa shape index (κ3) is 3.99. The fourth-order valence-corrected chi connectivity index (χ4v) is 3.22. The standard InChI is InChI=1S/C24H16F3NO/c25-24(26,27)19-12-14-20(15-13-19)28-23(29)18-10-8-17(9-11-18)22-7-3-5-16-4-1-2-6-21(16)22/h1-15H,(H,28,29). The van der Waals surface area contributed by atoms with E-state index in [1.807, 2.05) is 48.5 Å². The summed E-state index contributed by atoms with van der Waals surface area (Å²) in [4.78, 5) is 12.4. The van der Waals surface area contributed by atoms with Crippen LogP contribution in [-0.4, -0.2) is 5.91 Å². The van der Waals surface area contributed by atoms with Crippen molar-refractivity contribution in [3.8, 4) is 11.1 Å². The van der Waals surface area contributed by atoms with E-state index in [1.54, 1.807) is 12.1 Å². The summed E-state index contributed by atoms with van der Waals surface area (Å²) in [6.07, 6.45) is -4.40. The average molecular weight is 391 g/mol.